The highest BCUT2D eigenvalue weighted by Crippen LogP contribution is 2.04. The van der Waals surface area contributed by atoms with E-state index in [9.17, 15) is 4.79 Å². The van der Waals surface area contributed by atoms with Crippen molar-refractivity contribution in [2.24, 2.45) is 0 Å². The Balaban J connectivity index is 2.29. The van der Waals surface area contributed by atoms with E-state index < -0.39 is 0 Å². The van der Waals surface area contributed by atoms with Crippen LogP contribution in [0, 0.1) is 0 Å². The maximum atomic E-state index is 10.4. The molecule has 1 saturated heterocycles. The smallest absolute Gasteiger partial charge is 0.243 e. The quantitative estimate of drug-likeness (QED) is 0.490. The molecule has 0 bridgehead atoms. The van der Waals surface area contributed by atoms with Crippen LogP contribution in [0.2, 0.25) is 0 Å². The van der Waals surface area contributed by atoms with Crippen molar-refractivity contribution in [1.29, 1.82) is 0 Å². The Hall–Kier alpha value is -0.570. The average molecular weight is 115 g/mol. The summed E-state index contributed by atoms with van der Waals surface area (Å²) in [4.78, 5) is 15.2. The number of nitrogens with one attached hydrogen (secondary N) is 1. The van der Waals surface area contributed by atoms with E-state index in [0.717, 1.165) is 6.42 Å². The molecule has 46 valence electrons. The molecule has 0 aromatic heterocycles. The first kappa shape index (κ1) is 5.56. The standard InChI is InChI=1S/C5H9NO2/c1-4-2-3-5(7)6-8-4/h4H,2-3H2,1H3,(H,6,7). The van der Waals surface area contributed by atoms with Crippen molar-refractivity contribution in [3.63, 3.8) is 0 Å². The van der Waals surface area contributed by atoms with Gasteiger partial charge in [-0.25, -0.2) is 5.48 Å². The molecule has 1 unspecified atom stereocenters. The Labute approximate surface area is 48.0 Å². The first-order valence-electron chi connectivity index (χ1n) is 2.73. The molecule has 0 aromatic carbocycles. The van der Waals surface area contributed by atoms with Crippen molar-refractivity contribution >= 4 is 5.91 Å². The molecule has 1 atom stereocenters. The van der Waals surface area contributed by atoms with E-state index in [1.54, 1.807) is 0 Å². The third kappa shape index (κ3) is 1.20. The molecule has 0 radical (unpaired) electrons. The second kappa shape index (κ2) is 2.13. The van der Waals surface area contributed by atoms with Crippen LogP contribution < -0.4 is 5.48 Å². The minimum Gasteiger partial charge on any atom is -0.273 e. The maximum absolute atomic E-state index is 10.4. The second-order valence-electron chi connectivity index (χ2n) is 1.99. The van der Waals surface area contributed by atoms with Crippen LogP contribution in [0.5, 0.6) is 0 Å². The lowest BCUT2D eigenvalue weighted by Crippen LogP contribution is -2.33. The molecule has 1 amide bonds. The van der Waals surface area contributed by atoms with Gasteiger partial charge in [-0.2, -0.15) is 0 Å². The number of amides is 1. The summed E-state index contributed by atoms with van der Waals surface area (Å²) < 4.78 is 0. The van der Waals surface area contributed by atoms with Gasteiger partial charge in [0.2, 0.25) is 5.91 Å². The number of carbonyl (C=O) groups is 1. The molecule has 8 heavy (non-hydrogen) atoms. The molecule has 1 N–H and O–H groups in total. The molecular formula is C5H9NO2. The normalized spacial score (nSPS) is 29.6. The lowest BCUT2D eigenvalue weighted by atomic mass is 10.2. The van der Waals surface area contributed by atoms with Crippen LogP contribution in [-0.4, -0.2) is 12.0 Å². The van der Waals surface area contributed by atoms with Crippen molar-refractivity contribution in [2.45, 2.75) is 25.9 Å². The number of rotatable bonds is 0. The lowest BCUT2D eigenvalue weighted by molar-refractivity contribution is -0.145. The van der Waals surface area contributed by atoms with Gasteiger partial charge in [0, 0.05) is 6.42 Å². The lowest BCUT2D eigenvalue weighted by Gasteiger charge is -2.17. The molecule has 0 aliphatic carbocycles. The van der Waals surface area contributed by atoms with E-state index in [1.165, 1.54) is 0 Å². The Morgan fingerprint density at radius 2 is 2.62 bits per heavy atom. The molecule has 3 nitrogen and oxygen atoms in total. The number of carbonyl (C=O) groups excluding carboxylic acids is 1. The van der Waals surface area contributed by atoms with Crippen molar-refractivity contribution in [3.8, 4) is 0 Å². The van der Waals surface area contributed by atoms with Crippen molar-refractivity contribution in [1.82, 2.24) is 5.48 Å². The minimum absolute atomic E-state index is 0.0110. The van der Waals surface area contributed by atoms with Crippen molar-refractivity contribution in [3.05, 3.63) is 0 Å². The molecule has 1 aliphatic rings. The second-order valence-corrected chi connectivity index (χ2v) is 1.99. The summed E-state index contributed by atoms with van der Waals surface area (Å²) in [6, 6.07) is 0. The first-order valence-corrected chi connectivity index (χ1v) is 2.73. The number of hydroxylamine groups is 1. The van der Waals surface area contributed by atoms with Gasteiger partial charge in [0.1, 0.15) is 0 Å². The SMILES string of the molecule is CC1CCC(=O)NO1. The molecule has 3 heteroatoms. The monoisotopic (exact) mass is 115 g/mol. The summed E-state index contributed by atoms with van der Waals surface area (Å²) in [5.41, 5.74) is 2.29. The highest BCUT2D eigenvalue weighted by Gasteiger charge is 2.13. The van der Waals surface area contributed by atoms with Gasteiger partial charge in [0.25, 0.3) is 0 Å². The molecule has 1 heterocycles. The highest BCUT2D eigenvalue weighted by molar-refractivity contribution is 5.75. The molecule has 1 aliphatic heterocycles. The van der Waals surface area contributed by atoms with Crippen LogP contribution in [0.1, 0.15) is 19.8 Å². The topological polar surface area (TPSA) is 38.3 Å². The van der Waals surface area contributed by atoms with E-state index in [-0.39, 0.29) is 12.0 Å². The third-order valence-corrected chi connectivity index (χ3v) is 1.15. The Morgan fingerprint density at radius 3 is 3.00 bits per heavy atom. The Bertz CT molecular complexity index is 92.6. The highest BCUT2D eigenvalue weighted by atomic mass is 16.7. The van der Waals surface area contributed by atoms with Crippen molar-refractivity contribution in [2.75, 3.05) is 0 Å². The van der Waals surface area contributed by atoms with E-state index in [1.807, 2.05) is 6.92 Å². The zero-order valence-corrected chi connectivity index (χ0v) is 4.81. The van der Waals surface area contributed by atoms with Gasteiger partial charge in [-0.15, -0.1) is 0 Å². The van der Waals surface area contributed by atoms with E-state index in [2.05, 4.69) is 5.48 Å². The van der Waals surface area contributed by atoms with Crippen molar-refractivity contribution < 1.29 is 9.63 Å². The summed E-state index contributed by atoms with van der Waals surface area (Å²) in [7, 11) is 0. The van der Waals surface area contributed by atoms with E-state index in [0.29, 0.717) is 6.42 Å². The zero-order valence-electron chi connectivity index (χ0n) is 4.81. The molecule has 1 rings (SSSR count). The molecular weight excluding hydrogens is 106 g/mol. The maximum Gasteiger partial charge on any atom is 0.243 e. The van der Waals surface area contributed by atoms with Crippen LogP contribution in [0.3, 0.4) is 0 Å². The molecule has 0 saturated carbocycles. The predicted molar refractivity (Wildman–Crippen MR) is 27.9 cm³/mol. The fourth-order valence-corrected chi connectivity index (χ4v) is 0.611. The molecule has 1 fully saturated rings. The van der Waals surface area contributed by atoms with E-state index in [4.69, 9.17) is 4.84 Å². The van der Waals surface area contributed by atoms with Gasteiger partial charge in [0.15, 0.2) is 0 Å². The first-order chi connectivity index (χ1) is 3.79. The Morgan fingerprint density at radius 1 is 1.88 bits per heavy atom. The van der Waals surface area contributed by atoms with Gasteiger partial charge >= 0.3 is 0 Å². The van der Waals surface area contributed by atoms with Gasteiger partial charge in [0.05, 0.1) is 6.10 Å². The minimum atomic E-state index is -0.0110. The number of hydrogen-bond acceptors (Lipinski definition) is 2. The Kier molecular flexibility index (Phi) is 1.48. The summed E-state index contributed by atoms with van der Waals surface area (Å²) in [5, 5.41) is 0. The fourth-order valence-electron chi connectivity index (χ4n) is 0.611. The van der Waals surface area contributed by atoms with Crippen LogP contribution in [0.4, 0.5) is 0 Å². The summed E-state index contributed by atoms with van der Waals surface area (Å²) in [6.45, 7) is 1.93. The zero-order chi connectivity index (χ0) is 5.98. The summed E-state index contributed by atoms with van der Waals surface area (Å²) >= 11 is 0. The largest absolute Gasteiger partial charge is 0.273 e. The van der Waals surface area contributed by atoms with Gasteiger partial charge < -0.3 is 0 Å². The van der Waals surface area contributed by atoms with Crippen LogP contribution in [0.25, 0.3) is 0 Å². The van der Waals surface area contributed by atoms with Gasteiger partial charge in [-0.3, -0.25) is 9.63 Å². The average Bonchev–Trinajstić information content (AvgIpc) is 1.77. The van der Waals surface area contributed by atoms with Crippen LogP contribution in [0.15, 0.2) is 0 Å². The summed E-state index contributed by atoms with van der Waals surface area (Å²) in [6.07, 6.45) is 1.63. The third-order valence-electron chi connectivity index (χ3n) is 1.15. The van der Waals surface area contributed by atoms with Gasteiger partial charge in [-0.05, 0) is 13.3 Å². The van der Waals surface area contributed by atoms with Gasteiger partial charge in [-0.1, -0.05) is 0 Å². The molecule has 0 aromatic rings. The molecule has 0 spiro atoms. The van der Waals surface area contributed by atoms with E-state index >= 15 is 0 Å². The summed E-state index contributed by atoms with van der Waals surface area (Å²) in [5.74, 6) is -0.0110. The van der Waals surface area contributed by atoms with Crippen LogP contribution >= 0.6 is 0 Å². The van der Waals surface area contributed by atoms with Crippen LogP contribution in [-0.2, 0) is 9.63 Å². The fraction of sp³-hybridized carbons (Fsp3) is 0.800. The predicted octanol–water partition coefficient (Wildman–Crippen LogP) is 0.216. The number of hydrogen-bond donors (Lipinski definition) is 1.